The van der Waals surface area contributed by atoms with Crippen LogP contribution in [0.1, 0.15) is 29.9 Å². The molecule has 0 aliphatic carbocycles. The molecule has 5 heteroatoms. The highest BCUT2D eigenvalue weighted by atomic mass is 35.5. The number of phenolic OH excluding ortho intramolecular Hbond substituents is 1. The van der Waals surface area contributed by atoms with Crippen molar-refractivity contribution in [2.75, 3.05) is 13.1 Å². The van der Waals surface area contributed by atoms with Crippen molar-refractivity contribution in [2.45, 2.75) is 31.3 Å². The molecule has 0 aromatic heterocycles. The van der Waals surface area contributed by atoms with Gasteiger partial charge in [0.1, 0.15) is 11.5 Å². The Balaban J connectivity index is 1.37. The van der Waals surface area contributed by atoms with Crippen molar-refractivity contribution < 1.29 is 14.6 Å². The van der Waals surface area contributed by atoms with Crippen LogP contribution in [0.5, 0.6) is 11.5 Å². The van der Waals surface area contributed by atoms with E-state index < -0.39 is 6.10 Å². The van der Waals surface area contributed by atoms with Gasteiger partial charge in [0.25, 0.3) is 5.91 Å². The standard InChI is InChI=1S/C20H20ClNO3/c21-16-3-6-18-15(11-16)12-19(25-18)20(24)22-9-7-14(8-10-22)13-1-4-17(23)5-2-13/h1-6,11,14,19,23H,7-10,12H2/t19-/m0/s1. The molecule has 1 N–H and O–H groups in total. The van der Waals surface area contributed by atoms with E-state index in [1.807, 2.05) is 29.2 Å². The number of aromatic hydroxyl groups is 1. The van der Waals surface area contributed by atoms with Gasteiger partial charge in [-0.15, -0.1) is 0 Å². The predicted molar refractivity (Wildman–Crippen MR) is 96.2 cm³/mol. The summed E-state index contributed by atoms with van der Waals surface area (Å²) in [6, 6.07) is 12.9. The zero-order valence-electron chi connectivity index (χ0n) is 13.8. The van der Waals surface area contributed by atoms with E-state index in [2.05, 4.69) is 0 Å². The molecule has 2 aromatic carbocycles. The molecule has 0 spiro atoms. The van der Waals surface area contributed by atoms with E-state index in [1.165, 1.54) is 5.56 Å². The van der Waals surface area contributed by atoms with Gasteiger partial charge < -0.3 is 14.7 Å². The number of benzene rings is 2. The van der Waals surface area contributed by atoms with Gasteiger partial charge in [-0.3, -0.25) is 4.79 Å². The van der Waals surface area contributed by atoms with Gasteiger partial charge in [-0.05, 0) is 60.2 Å². The fourth-order valence-corrected chi connectivity index (χ4v) is 3.93. The number of rotatable bonds is 2. The summed E-state index contributed by atoms with van der Waals surface area (Å²) in [6.07, 6.45) is 2.02. The van der Waals surface area contributed by atoms with E-state index in [1.54, 1.807) is 18.2 Å². The lowest BCUT2D eigenvalue weighted by Crippen LogP contribution is -2.45. The third kappa shape index (κ3) is 3.31. The van der Waals surface area contributed by atoms with E-state index in [-0.39, 0.29) is 11.7 Å². The van der Waals surface area contributed by atoms with Crippen LogP contribution in [0.4, 0.5) is 0 Å². The lowest BCUT2D eigenvalue weighted by molar-refractivity contribution is -0.139. The SMILES string of the molecule is O=C([C@@H]1Cc2cc(Cl)ccc2O1)N1CCC(c2ccc(O)cc2)CC1. The van der Waals surface area contributed by atoms with Crippen molar-refractivity contribution in [1.29, 1.82) is 0 Å². The molecular formula is C20H20ClNO3. The Morgan fingerprint density at radius 2 is 1.84 bits per heavy atom. The van der Waals surface area contributed by atoms with Gasteiger partial charge in [0.2, 0.25) is 0 Å². The summed E-state index contributed by atoms with van der Waals surface area (Å²) < 4.78 is 5.82. The minimum Gasteiger partial charge on any atom is -0.508 e. The fourth-order valence-electron chi connectivity index (χ4n) is 3.74. The average molecular weight is 358 g/mol. The minimum atomic E-state index is -0.432. The Morgan fingerprint density at radius 3 is 2.56 bits per heavy atom. The Hall–Kier alpha value is -2.20. The number of piperidine rings is 1. The van der Waals surface area contributed by atoms with E-state index in [4.69, 9.17) is 16.3 Å². The average Bonchev–Trinajstić information content (AvgIpc) is 3.05. The molecule has 4 rings (SSSR count). The topological polar surface area (TPSA) is 49.8 Å². The van der Waals surface area contributed by atoms with Crippen molar-refractivity contribution in [1.82, 2.24) is 4.90 Å². The van der Waals surface area contributed by atoms with Crippen molar-refractivity contribution in [2.24, 2.45) is 0 Å². The second kappa shape index (κ2) is 6.60. The molecule has 2 aliphatic rings. The molecule has 2 aliphatic heterocycles. The van der Waals surface area contributed by atoms with Gasteiger partial charge in [0.15, 0.2) is 6.10 Å². The minimum absolute atomic E-state index is 0.0662. The van der Waals surface area contributed by atoms with Crippen molar-refractivity contribution in [3.05, 3.63) is 58.6 Å². The first-order valence-electron chi connectivity index (χ1n) is 8.63. The third-order valence-electron chi connectivity index (χ3n) is 5.14. The molecule has 0 bridgehead atoms. The van der Waals surface area contributed by atoms with Gasteiger partial charge in [0.05, 0.1) is 0 Å². The Bertz CT molecular complexity index is 782. The zero-order valence-corrected chi connectivity index (χ0v) is 14.6. The highest BCUT2D eigenvalue weighted by Gasteiger charge is 2.34. The highest BCUT2D eigenvalue weighted by Crippen LogP contribution is 2.33. The maximum absolute atomic E-state index is 12.8. The van der Waals surface area contributed by atoms with Crippen LogP contribution in [-0.4, -0.2) is 35.1 Å². The monoisotopic (exact) mass is 357 g/mol. The smallest absolute Gasteiger partial charge is 0.263 e. The maximum atomic E-state index is 12.8. The molecular weight excluding hydrogens is 338 g/mol. The van der Waals surface area contributed by atoms with Crippen LogP contribution in [-0.2, 0) is 11.2 Å². The largest absolute Gasteiger partial charge is 0.508 e. The second-order valence-electron chi connectivity index (χ2n) is 6.75. The summed E-state index contributed by atoms with van der Waals surface area (Å²) in [7, 11) is 0. The lowest BCUT2D eigenvalue weighted by atomic mass is 9.89. The van der Waals surface area contributed by atoms with Gasteiger partial charge in [-0.1, -0.05) is 23.7 Å². The summed E-state index contributed by atoms with van der Waals surface area (Å²) in [6.45, 7) is 1.47. The van der Waals surface area contributed by atoms with Crippen LogP contribution >= 0.6 is 11.6 Å². The number of nitrogens with zero attached hydrogens (tertiary/aromatic N) is 1. The van der Waals surface area contributed by atoms with Gasteiger partial charge in [-0.25, -0.2) is 0 Å². The van der Waals surface area contributed by atoms with Gasteiger partial charge in [0, 0.05) is 24.5 Å². The lowest BCUT2D eigenvalue weighted by Gasteiger charge is -2.33. The van der Waals surface area contributed by atoms with E-state index in [9.17, 15) is 9.90 Å². The van der Waals surface area contributed by atoms with Crippen molar-refractivity contribution >= 4 is 17.5 Å². The van der Waals surface area contributed by atoms with Crippen LogP contribution in [0.2, 0.25) is 5.02 Å². The fraction of sp³-hybridized carbons (Fsp3) is 0.350. The summed E-state index contributed by atoms with van der Waals surface area (Å²) in [5, 5.41) is 10.1. The third-order valence-corrected chi connectivity index (χ3v) is 5.38. The number of fused-ring (bicyclic) bond motifs is 1. The van der Waals surface area contributed by atoms with Crippen LogP contribution in [0.25, 0.3) is 0 Å². The Morgan fingerprint density at radius 1 is 1.12 bits per heavy atom. The predicted octanol–water partition coefficient (Wildman–Crippen LogP) is 3.76. The summed E-state index contributed by atoms with van der Waals surface area (Å²) in [5.74, 6) is 1.55. The molecule has 4 nitrogen and oxygen atoms in total. The number of ether oxygens (including phenoxy) is 1. The van der Waals surface area contributed by atoms with Crippen molar-refractivity contribution in [3.8, 4) is 11.5 Å². The first-order valence-corrected chi connectivity index (χ1v) is 9.01. The van der Waals surface area contributed by atoms with Gasteiger partial charge in [-0.2, -0.15) is 0 Å². The molecule has 130 valence electrons. The molecule has 0 radical (unpaired) electrons. The zero-order chi connectivity index (χ0) is 17.4. The number of hydrogen-bond acceptors (Lipinski definition) is 3. The van der Waals surface area contributed by atoms with Crippen LogP contribution < -0.4 is 4.74 Å². The summed E-state index contributed by atoms with van der Waals surface area (Å²) in [4.78, 5) is 14.7. The van der Waals surface area contributed by atoms with E-state index in [0.29, 0.717) is 17.4 Å². The number of amides is 1. The molecule has 2 heterocycles. The number of carbonyl (C=O) groups is 1. The first-order chi connectivity index (χ1) is 12.1. The first kappa shape index (κ1) is 16.3. The molecule has 25 heavy (non-hydrogen) atoms. The summed E-state index contributed by atoms with van der Waals surface area (Å²) >= 11 is 6.02. The van der Waals surface area contributed by atoms with Crippen LogP contribution in [0, 0.1) is 0 Å². The molecule has 2 aromatic rings. The summed E-state index contributed by atoms with van der Waals surface area (Å²) in [5.41, 5.74) is 2.23. The quantitative estimate of drug-likeness (QED) is 0.890. The molecule has 1 saturated heterocycles. The number of carbonyl (C=O) groups excluding carboxylic acids is 1. The number of hydrogen-bond donors (Lipinski definition) is 1. The number of halogens is 1. The molecule has 0 saturated carbocycles. The van der Waals surface area contributed by atoms with Crippen LogP contribution in [0.15, 0.2) is 42.5 Å². The Labute approximate surface area is 152 Å². The molecule has 0 unspecified atom stereocenters. The Kier molecular flexibility index (Phi) is 4.30. The highest BCUT2D eigenvalue weighted by molar-refractivity contribution is 6.30. The maximum Gasteiger partial charge on any atom is 0.263 e. The normalized spacial score (nSPS) is 20.2. The van der Waals surface area contributed by atoms with Crippen molar-refractivity contribution in [3.63, 3.8) is 0 Å². The molecule has 1 atom stereocenters. The van der Waals surface area contributed by atoms with E-state index >= 15 is 0 Å². The second-order valence-corrected chi connectivity index (χ2v) is 7.19. The number of phenols is 1. The van der Waals surface area contributed by atoms with E-state index in [0.717, 1.165) is 37.2 Å². The van der Waals surface area contributed by atoms with Crippen LogP contribution in [0.3, 0.4) is 0 Å². The molecule has 1 amide bonds. The number of likely N-dealkylation sites (tertiary alicyclic amines) is 1. The van der Waals surface area contributed by atoms with Gasteiger partial charge >= 0.3 is 0 Å². The molecule has 1 fully saturated rings.